The normalized spacial score (nSPS) is 14.3. The Balaban J connectivity index is 0.00000468. The van der Waals surface area contributed by atoms with Crippen LogP contribution in [0.15, 0.2) is 122 Å². The topological polar surface area (TPSA) is 38.7 Å². The molecule has 0 fully saturated rings. The average Bonchev–Trinajstić information content (AvgIpc) is 3.11. The van der Waals surface area contributed by atoms with Crippen molar-refractivity contribution in [2.24, 2.45) is 0 Å². The van der Waals surface area contributed by atoms with Crippen LogP contribution in [0.5, 0.6) is 0 Å². The molecule has 1 unspecified atom stereocenters. The van der Waals surface area contributed by atoms with Gasteiger partial charge < -0.3 is 4.98 Å². The standard InChI is InChI=1S/C45H44N3.Ir/c1-42(2,3)35-25-27-46-40(30-35)44(7,33-18-11-9-12-19-33)37-22-15-17-32(29-37)38-23-16-24-39(48-38)45(8,34-20-13-10-14-21-34)41-31-36(26-28-47-41)43(4,5)6;/h9-18,20,22-28,30-31H,1-8H3;/q-3;+3/t44?,45-;/m0./s1. The van der Waals surface area contributed by atoms with Crippen LogP contribution in [0.1, 0.15) is 100 Å². The molecule has 0 radical (unpaired) electrons. The van der Waals surface area contributed by atoms with Gasteiger partial charge in [-0.3, -0.25) is 9.97 Å². The zero-order valence-electron chi connectivity index (χ0n) is 29.7. The van der Waals surface area contributed by atoms with E-state index in [9.17, 15) is 0 Å². The molecular weight excluding hydrogens is 775 g/mol. The van der Waals surface area contributed by atoms with Crippen LogP contribution in [0.3, 0.4) is 0 Å². The van der Waals surface area contributed by atoms with Gasteiger partial charge >= 0.3 is 20.1 Å². The molecule has 4 heteroatoms. The van der Waals surface area contributed by atoms with Crippen LogP contribution < -0.4 is 0 Å². The molecule has 0 saturated heterocycles. The second kappa shape index (κ2) is 13.9. The molecular formula is C45H44IrN3. The van der Waals surface area contributed by atoms with E-state index >= 15 is 0 Å². The van der Waals surface area contributed by atoms with Crippen molar-refractivity contribution in [3.63, 3.8) is 0 Å². The Labute approximate surface area is 306 Å². The van der Waals surface area contributed by atoms with Gasteiger partial charge in [-0.05, 0) is 71.8 Å². The minimum atomic E-state index is -0.638. The summed E-state index contributed by atoms with van der Waals surface area (Å²) in [7, 11) is 0. The third-order valence-electron chi connectivity index (χ3n) is 9.64. The van der Waals surface area contributed by atoms with Crippen molar-refractivity contribution in [1.29, 1.82) is 0 Å². The maximum absolute atomic E-state index is 5.36. The molecule has 0 amide bonds. The van der Waals surface area contributed by atoms with Gasteiger partial charge in [0.1, 0.15) is 0 Å². The third kappa shape index (κ3) is 7.09. The fourth-order valence-corrected chi connectivity index (χ4v) is 6.35. The predicted octanol–water partition coefficient (Wildman–Crippen LogP) is 10.2. The van der Waals surface area contributed by atoms with Crippen molar-refractivity contribution in [1.82, 2.24) is 15.0 Å². The molecule has 0 spiro atoms. The average molecular weight is 819 g/mol. The quantitative estimate of drug-likeness (QED) is 0.151. The molecule has 49 heavy (non-hydrogen) atoms. The second-order valence-electron chi connectivity index (χ2n) is 15.0. The summed E-state index contributed by atoms with van der Waals surface area (Å²) in [6, 6.07) is 48.4. The Hall–Kier alpha value is -4.24. The molecule has 3 nitrogen and oxygen atoms in total. The van der Waals surface area contributed by atoms with Crippen molar-refractivity contribution in [3.8, 4) is 11.3 Å². The van der Waals surface area contributed by atoms with E-state index < -0.39 is 10.8 Å². The van der Waals surface area contributed by atoms with Crippen molar-refractivity contribution in [2.45, 2.75) is 77.0 Å². The van der Waals surface area contributed by atoms with Crippen LogP contribution in [-0.2, 0) is 41.8 Å². The van der Waals surface area contributed by atoms with Crippen molar-refractivity contribution >= 4 is 0 Å². The number of nitrogens with zero attached hydrogens (tertiary/aromatic N) is 3. The molecule has 0 bridgehead atoms. The third-order valence-corrected chi connectivity index (χ3v) is 9.64. The Morgan fingerprint density at radius 2 is 1.00 bits per heavy atom. The summed E-state index contributed by atoms with van der Waals surface area (Å²) in [4.78, 5) is 15.3. The van der Waals surface area contributed by atoms with E-state index in [2.05, 4.69) is 159 Å². The number of pyridine rings is 3. The molecule has 6 aromatic rings. The molecule has 0 N–H and O–H groups in total. The fraction of sp³-hybridized carbons (Fsp3) is 0.267. The number of benzene rings is 3. The maximum Gasteiger partial charge on any atom is 3.00 e. The first-order chi connectivity index (χ1) is 22.8. The molecule has 6 rings (SSSR count). The van der Waals surface area contributed by atoms with Crippen LogP contribution in [0.4, 0.5) is 0 Å². The van der Waals surface area contributed by atoms with E-state index in [1.807, 2.05) is 36.7 Å². The Morgan fingerprint density at radius 1 is 0.490 bits per heavy atom. The molecule has 248 valence electrons. The summed E-state index contributed by atoms with van der Waals surface area (Å²) in [5, 5.41) is 0. The van der Waals surface area contributed by atoms with Gasteiger partial charge in [-0.2, -0.15) is 60.7 Å². The van der Waals surface area contributed by atoms with Crippen LogP contribution >= 0.6 is 0 Å². The number of hydrogen-bond donors (Lipinski definition) is 0. The van der Waals surface area contributed by atoms with Crippen LogP contribution in [0.2, 0.25) is 0 Å². The van der Waals surface area contributed by atoms with Gasteiger partial charge in [-0.1, -0.05) is 53.7 Å². The van der Waals surface area contributed by atoms with Crippen LogP contribution in [0.25, 0.3) is 11.3 Å². The van der Waals surface area contributed by atoms with Gasteiger partial charge in [0.15, 0.2) is 0 Å². The Bertz CT molecular complexity index is 1880. The Kier molecular flexibility index (Phi) is 10.3. The summed E-state index contributed by atoms with van der Waals surface area (Å²) in [5.41, 5.74) is 8.83. The maximum atomic E-state index is 5.36. The molecule has 0 aliphatic rings. The van der Waals surface area contributed by atoms with Crippen molar-refractivity contribution < 1.29 is 20.1 Å². The molecule has 0 aliphatic heterocycles. The SMILES string of the molecule is CC(C)(C)c1ccnc(C(C)(c2[c-]cccc2)c2[c-]c(-c3cccc([C@](C)(c4[c-]cccc4)c4cc(C(C)(C)C)ccn4)n3)ccc2)c1.[Ir+3]. The fourth-order valence-electron chi connectivity index (χ4n) is 6.35. The summed E-state index contributed by atoms with van der Waals surface area (Å²) in [6.07, 6.45) is 3.85. The van der Waals surface area contributed by atoms with Crippen molar-refractivity contribution in [3.05, 3.63) is 185 Å². The van der Waals surface area contributed by atoms with E-state index in [1.54, 1.807) is 0 Å². The molecule has 3 aromatic heterocycles. The van der Waals surface area contributed by atoms with Gasteiger partial charge in [0.2, 0.25) is 0 Å². The van der Waals surface area contributed by atoms with E-state index in [0.29, 0.717) is 0 Å². The second-order valence-corrected chi connectivity index (χ2v) is 15.0. The van der Waals surface area contributed by atoms with Crippen LogP contribution in [0, 0.1) is 18.2 Å². The van der Waals surface area contributed by atoms with E-state index in [4.69, 9.17) is 15.0 Å². The number of rotatable bonds is 7. The van der Waals surface area contributed by atoms with Gasteiger partial charge in [-0.15, -0.1) is 46.5 Å². The van der Waals surface area contributed by atoms with Gasteiger partial charge in [0.05, 0.1) is 16.8 Å². The van der Waals surface area contributed by atoms with Crippen molar-refractivity contribution in [2.75, 3.05) is 0 Å². The van der Waals surface area contributed by atoms with Gasteiger partial charge in [0, 0.05) is 23.5 Å². The number of hydrogen-bond acceptors (Lipinski definition) is 3. The van der Waals surface area contributed by atoms with Gasteiger partial charge in [-0.25, -0.2) is 0 Å². The largest absolute Gasteiger partial charge is 3.00 e. The summed E-state index contributed by atoms with van der Waals surface area (Å²) in [6.45, 7) is 17.8. The minimum absolute atomic E-state index is 0. The zero-order chi connectivity index (χ0) is 34.2. The first kappa shape index (κ1) is 36.1. The molecule has 2 atom stereocenters. The molecule has 0 aliphatic carbocycles. The zero-order valence-corrected chi connectivity index (χ0v) is 32.1. The molecule has 3 heterocycles. The Morgan fingerprint density at radius 3 is 1.53 bits per heavy atom. The van der Waals surface area contributed by atoms with Gasteiger partial charge in [0.25, 0.3) is 0 Å². The minimum Gasteiger partial charge on any atom is -0.300 e. The van der Waals surface area contributed by atoms with E-state index in [0.717, 1.165) is 45.0 Å². The van der Waals surface area contributed by atoms with Crippen LogP contribution in [-0.4, -0.2) is 15.0 Å². The van der Waals surface area contributed by atoms with E-state index in [1.165, 1.54) is 11.1 Å². The number of aromatic nitrogens is 3. The predicted molar refractivity (Wildman–Crippen MR) is 196 cm³/mol. The monoisotopic (exact) mass is 819 g/mol. The first-order valence-electron chi connectivity index (χ1n) is 16.7. The smallest absolute Gasteiger partial charge is 0.300 e. The molecule has 3 aromatic carbocycles. The summed E-state index contributed by atoms with van der Waals surface area (Å²) < 4.78 is 0. The summed E-state index contributed by atoms with van der Waals surface area (Å²) in [5.74, 6) is 0. The van der Waals surface area contributed by atoms with E-state index in [-0.39, 0.29) is 30.9 Å². The molecule has 0 saturated carbocycles. The first-order valence-corrected chi connectivity index (χ1v) is 16.7. The summed E-state index contributed by atoms with van der Waals surface area (Å²) >= 11 is 0.